The fourth-order valence-electron chi connectivity index (χ4n) is 1.25. The first kappa shape index (κ1) is 10.4. The van der Waals surface area contributed by atoms with E-state index in [2.05, 4.69) is 21.2 Å². The van der Waals surface area contributed by atoms with Crippen molar-refractivity contribution in [2.24, 2.45) is 5.73 Å². The largest absolute Gasteiger partial charge is 0.356 e. The van der Waals surface area contributed by atoms with Crippen molar-refractivity contribution in [3.63, 3.8) is 0 Å². The van der Waals surface area contributed by atoms with E-state index in [0.717, 1.165) is 8.66 Å². The third-order valence-electron chi connectivity index (χ3n) is 2.07. The van der Waals surface area contributed by atoms with Gasteiger partial charge in [0.15, 0.2) is 5.70 Å². The van der Waals surface area contributed by atoms with E-state index in [0.29, 0.717) is 11.7 Å². The molecule has 1 aromatic heterocycles. The summed E-state index contributed by atoms with van der Waals surface area (Å²) in [6.07, 6.45) is 1.81. The van der Waals surface area contributed by atoms with Crippen molar-refractivity contribution in [3.8, 4) is 0 Å². The third kappa shape index (κ3) is 1.95. The molecule has 2 rings (SSSR count). The van der Waals surface area contributed by atoms with Crippen molar-refractivity contribution >= 4 is 45.2 Å². The fourth-order valence-corrected chi connectivity index (χ4v) is 2.61. The average molecular weight is 287 g/mol. The van der Waals surface area contributed by atoms with Crippen molar-refractivity contribution in [2.45, 2.75) is 0 Å². The molecule has 0 radical (unpaired) electrons. The monoisotopic (exact) mass is 286 g/mol. The Morgan fingerprint density at radius 1 is 1.60 bits per heavy atom. The van der Waals surface area contributed by atoms with Gasteiger partial charge in [-0.05, 0) is 28.1 Å². The van der Waals surface area contributed by atoms with Gasteiger partial charge < -0.3 is 0 Å². The van der Waals surface area contributed by atoms with Gasteiger partial charge in [0.05, 0.1) is 10.8 Å². The van der Waals surface area contributed by atoms with Crippen molar-refractivity contribution in [2.75, 3.05) is 7.05 Å². The third-order valence-corrected chi connectivity index (χ3v) is 3.64. The molecular weight excluding hydrogens is 278 g/mol. The van der Waals surface area contributed by atoms with Crippen LogP contribution in [0.1, 0.15) is 4.88 Å². The number of nitrogens with one attached hydrogen (secondary N) is 1. The van der Waals surface area contributed by atoms with E-state index in [1.54, 1.807) is 23.0 Å². The van der Waals surface area contributed by atoms with E-state index >= 15 is 0 Å². The summed E-state index contributed by atoms with van der Waals surface area (Å²) in [7, 11) is 1.75. The van der Waals surface area contributed by atoms with E-state index in [1.165, 1.54) is 0 Å². The van der Waals surface area contributed by atoms with Crippen LogP contribution in [0.3, 0.4) is 0 Å². The molecule has 0 saturated heterocycles. The molecule has 3 N–H and O–H groups in total. The molecule has 1 aliphatic rings. The Morgan fingerprint density at radius 2 is 2.33 bits per heavy atom. The minimum absolute atomic E-state index is 0.167. The number of nitrogens with zero attached hydrogens (tertiary/aromatic N) is 1. The summed E-state index contributed by atoms with van der Waals surface area (Å²) in [5.74, 6) is 0.196. The van der Waals surface area contributed by atoms with E-state index in [-0.39, 0.29) is 5.91 Å². The highest BCUT2D eigenvalue weighted by atomic mass is 79.9. The summed E-state index contributed by atoms with van der Waals surface area (Å²) in [5.41, 5.74) is 6.14. The molecule has 0 bridgehead atoms. The van der Waals surface area contributed by atoms with Gasteiger partial charge in [-0.1, -0.05) is 0 Å². The molecule has 1 aromatic rings. The Kier molecular flexibility index (Phi) is 2.62. The van der Waals surface area contributed by atoms with Crippen LogP contribution in [0.25, 0.3) is 6.08 Å². The summed E-state index contributed by atoms with van der Waals surface area (Å²) >= 11 is 4.93. The maximum atomic E-state index is 11.5. The number of nitrogens with two attached hydrogens (primary N) is 1. The van der Waals surface area contributed by atoms with E-state index < -0.39 is 0 Å². The number of hydrogen-bond donors (Lipinski definition) is 2. The number of amides is 1. The van der Waals surface area contributed by atoms with Gasteiger partial charge in [0, 0.05) is 11.0 Å². The number of hydrogen-bond acceptors (Lipinski definition) is 3. The normalized spacial score (nSPS) is 18.8. The molecule has 0 unspecified atom stereocenters. The first-order valence-corrected chi connectivity index (χ1v) is 5.83. The molecule has 0 saturated carbocycles. The zero-order valence-corrected chi connectivity index (χ0v) is 10.4. The lowest BCUT2D eigenvalue weighted by Crippen LogP contribution is -2.32. The topological polar surface area (TPSA) is 58.1 Å². The van der Waals surface area contributed by atoms with Crippen LogP contribution in [-0.2, 0) is 4.79 Å². The predicted octanol–water partition coefficient (Wildman–Crippen LogP) is 0.938. The summed E-state index contributed by atoms with van der Waals surface area (Å²) in [6, 6.07) is 3.88. The Bertz CT molecular complexity index is 489. The molecule has 2 heterocycles. The Labute approximate surface area is 99.2 Å². The minimum Gasteiger partial charge on any atom is -0.290 e. The molecule has 6 heteroatoms. The summed E-state index contributed by atoms with van der Waals surface area (Å²) in [4.78, 5) is 12.5. The van der Waals surface area contributed by atoms with Gasteiger partial charge in [-0.25, -0.2) is 14.7 Å². The molecule has 0 fully saturated rings. The van der Waals surface area contributed by atoms with E-state index in [4.69, 9.17) is 5.73 Å². The SMILES string of the molecule is C[N+]1=C(N)NC(=O)/C1=C/c1ccc(Br)s1. The van der Waals surface area contributed by atoms with Crippen molar-refractivity contribution in [1.82, 2.24) is 5.32 Å². The maximum absolute atomic E-state index is 11.5. The number of carbonyl (C=O) groups excluding carboxylic acids is 1. The number of likely N-dealkylation sites (N-methyl/N-ethyl adjacent to an activating group) is 1. The number of thiophene rings is 1. The highest BCUT2D eigenvalue weighted by Gasteiger charge is 2.28. The lowest BCUT2D eigenvalue weighted by molar-refractivity contribution is -0.432. The molecule has 1 amide bonds. The number of halogens is 1. The number of rotatable bonds is 1. The van der Waals surface area contributed by atoms with Crippen molar-refractivity contribution in [3.05, 3.63) is 26.5 Å². The van der Waals surface area contributed by atoms with Crippen LogP contribution in [0, 0.1) is 0 Å². The van der Waals surface area contributed by atoms with E-state index in [1.807, 2.05) is 18.2 Å². The van der Waals surface area contributed by atoms with Crippen molar-refractivity contribution < 1.29 is 9.37 Å². The van der Waals surface area contributed by atoms with Crippen LogP contribution >= 0.6 is 27.3 Å². The lowest BCUT2D eigenvalue weighted by Gasteiger charge is -1.93. The summed E-state index contributed by atoms with van der Waals surface area (Å²) < 4.78 is 2.67. The molecule has 1 aliphatic heterocycles. The smallest absolute Gasteiger partial charge is 0.290 e. The van der Waals surface area contributed by atoms with Gasteiger partial charge in [0.2, 0.25) is 0 Å². The molecular formula is C9H9BrN3OS+. The zero-order chi connectivity index (χ0) is 11.0. The summed E-state index contributed by atoms with van der Waals surface area (Å²) in [6.45, 7) is 0. The second kappa shape index (κ2) is 3.79. The van der Waals surface area contributed by atoms with Crippen LogP contribution < -0.4 is 11.1 Å². The van der Waals surface area contributed by atoms with Gasteiger partial charge in [0.25, 0.3) is 0 Å². The number of carbonyl (C=O) groups is 1. The van der Waals surface area contributed by atoms with Gasteiger partial charge in [-0.2, -0.15) is 0 Å². The quantitative estimate of drug-likeness (QED) is 0.596. The van der Waals surface area contributed by atoms with Crippen LogP contribution in [0.5, 0.6) is 0 Å². The van der Waals surface area contributed by atoms with Crippen LogP contribution in [0.2, 0.25) is 0 Å². The van der Waals surface area contributed by atoms with Gasteiger partial charge in [-0.15, -0.1) is 11.3 Å². The van der Waals surface area contributed by atoms with Gasteiger partial charge in [0.1, 0.15) is 0 Å². The minimum atomic E-state index is -0.167. The average Bonchev–Trinajstić information content (AvgIpc) is 2.67. The van der Waals surface area contributed by atoms with Gasteiger partial charge in [-0.3, -0.25) is 5.73 Å². The van der Waals surface area contributed by atoms with Crippen LogP contribution in [0.15, 0.2) is 21.6 Å². The number of guanidine groups is 1. The highest BCUT2D eigenvalue weighted by molar-refractivity contribution is 9.11. The van der Waals surface area contributed by atoms with Crippen molar-refractivity contribution in [1.29, 1.82) is 0 Å². The van der Waals surface area contributed by atoms with Gasteiger partial charge >= 0.3 is 11.9 Å². The molecule has 0 spiro atoms. The van der Waals surface area contributed by atoms with Crippen LogP contribution in [0.4, 0.5) is 0 Å². The molecule has 15 heavy (non-hydrogen) atoms. The standard InChI is InChI=1S/C9H8BrN3OS/c1-13-6(8(14)12-9(13)11)4-5-2-3-7(10)15-5/h2-4H,1H3,(H2,11,12,14)/p+1/b6-4-. The zero-order valence-electron chi connectivity index (χ0n) is 7.95. The Hall–Kier alpha value is -1.14. The fraction of sp³-hybridized carbons (Fsp3) is 0.111. The first-order valence-electron chi connectivity index (χ1n) is 4.22. The Morgan fingerprint density at radius 3 is 2.80 bits per heavy atom. The second-order valence-electron chi connectivity index (χ2n) is 3.07. The predicted molar refractivity (Wildman–Crippen MR) is 63.5 cm³/mol. The van der Waals surface area contributed by atoms with Crippen LogP contribution in [-0.4, -0.2) is 23.5 Å². The lowest BCUT2D eigenvalue weighted by atomic mass is 10.3. The molecule has 0 aliphatic carbocycles. The molecule has 78 valence electrons. The van der Waals surface area contributed by atoms with E-state index in [9.17, 15) is 4.79 Å². The second-order valence-corrected chi connectivity index (χ2v) is 5.56. The highest BCUT2D eigenvalue weighted by Crippen LogP contribution is 2.24. The molecule has 0 atom stereocenters. The molecule has 4 nitrogen and oxygen atoms in total. The molecule has 0 aromatic carbocycles. The summed E-state index contributed by atoms with van der Waals surface area (Å²) in [5, 5.41) is 2.55. The maximum Gasteiger partial charge on any atom is 0.356 e. The first-order chi connectivity index (χ1) is 7.08. The Balaban J connectivity index is 2.39.